The van der Waals surface area contributed by atoms with Gasteiger partial charge in [-0.15, -0.1) is 0 Å². The summed E-state index contributed by atoms with van der Waals surface area (Å²) in [4.78, 5) is 10.5. The lowest BCUT2D eigenvalue weighted by Gasteiger charge is -2.07. The van der Waals surface area contributed by atoms with Crippen molar-refractivity contribution in [3.05, 3.63) is 63.9 Å². The van der Waals surface area contributed by atoms with Gasteiger partial charge in [0.1, 0.15) is 24.5 Å². The van der Waals surface area contributed by atoms with Crippen molar-refractivity contribution in [2.75, 3.05) is 0 Å². The molecule has 4 heteroatoms. The Labute approximate surface area is 113 Å². The van der Waals surface area contributed by atoms with Gasteiger partial charge in [0.2, 0.25) is 0 Å². The number of carbonyl (C=O) groups is 1. The van der Waals surface area contributed by atoms with Crippen molar-refractivity contribution < 1.29 is 13.9 Å². The normalized spacial score (nSPS) is 10.1. The lowest BCUT2D eigenvalue weighted by Crippen LogP contribution is -1.98. The van der Waals surface area contributed by atoms with Gasteiger partial charge in [-0.3, -0.25) is 4.79 Å². The SMILES string of the molecule is O=Cc1ccc(OCc2cc(Br)ccc2F)cc1. The number of benzene rings is 2. The fourth-order valence-electron chi connectivity index (χ4n) is 1.46. The van der Waals surface area contributed by atoms with Crippen LogP contribution in [0, 0.1) is 5.82 Å². The summed E-state index contributed by atoms with van der Waals surface area (Å²) in [6.07, 6.45) is 0.762. The van der Waals surface area contributed by atoms with Crippen LogP contribution in [0.15, 0.2) is 46.9 Å². The minimum absolute atomic E-state index is 0.145. The van der Waals surface area contributed by atoms with Gasteiger partial charge >= 0.3 is 0 Å². The number of halogens is 2. The van der Waals surface area contributed by atoms with E-state index in [1.165, 1.54) is 6.07 Å². The predicted molar refractivity (Wildman–Crippen MR) is 70.3 cm³/mol. The van der Waals surface area contributed by atoms with Gasteiger partial charge in [0.25, 0.3) is 0 Å². The van der Waals surface area contributed by atoms with Crippen LogP contribution in [0.4, 0.5) is 4.39 Å². The van der Waals surface area contributed by atoms with Gasteiger partial charge < -0.3 is 4.74 Å². The molecule has 0 saturated carbocycles. The molecule has 2 nitrogen and oxygen atoms in total. The van der Waals surface area contributed by atoms with Crippen LogP contribution < -0.4 is 4.74 Å². The third kappa shape index (κ3) is 3.17. The standard InChI is InChI=1S/C14H10BrFO2/c15-12-3-6-14(16)11(7-12)9-18-13-4-1-10(8-17)2-5-13/h1-8H,9H2. The molecule has 0 heterocycles. The van der Waals surface area contributed by atoms with Gasteiger partial charge in [0.05, 0.1) is 0 Å². The number of carbonyl (C=O) groups excluding carboxylic acids is 1. The van der Waals surface area contributed by atoms with Crippen LogP contribution >= 0.6 is 15.9 Å². The Balaban J connectivity index is 2.06. The summed E-state index contributed by atoms with van der Waals surface area (Å²) in [5, 5.41) is 0. The summed E-state index contributed by atoms with van der Waals surface area (Å²) in [6, 6.07) is 11.4. The second-order valence-corrected chi connectivity index (χ2v) is 4.63. The summed E-state index contributed by atoms with van der Waals surface area (Å²) in [7, 11) is 0. The molecule has 2 aromatic carbocycles. The molecule has 0 atom stereocenters. The van der Waals surface area contributed by atoms with Crippen molar-refractivity contribution in [1.82, 2.24) is 0 Å². The Morgan fingerprint density at radius 3 is 2.56 bits per heavy atom. The Bertz CT molecular complexity index is 552. The molecule has 0 aliphatic carbocycles. The number of hydrogen-bond donors (Lipinski definition) is 0. The van der Waals surface area contributed by atoms with Crippen molar-refractivity contribution >= 4 is 22.2 Å². The van der Waals surface area contributed by atoms with E-state index in [0.717, 1.165) is 10.8 Å². The summed E-state index contributed by atoms with van der Waals surface area (Å²) in [5.41, 5.74) is 1.06. The zero-order valence-corrected chi connectivity index (χ0v) is 11.0. The summed E-state index contributed by atoms with van der Waals surface area (Å²) in [6.45, 7) is 0.145. The van der Waals surface area contributed by atoms with E-state index in [1.807, 2.05) is 0 Å². The Morgan fingerprint density at radius 2 is 1.89 bits per heavy atom. The first-order valence-electron chi connectivity index (χ1n) is 5.31. The van der Waals surface area contributed by atoms with Gasteiger partial charge in [-0.2, -0.15) is 0 Å². The maximum Gasteiger partial charge on any atom is 0.150 e. The van der Waals surface area contributed by atoms with E-state index >= 15 is 0 Å². The van der Waals surface area contributed by atoms with E-state index in [1.54, 1.807) is 36.4 Å². The molecule has 0 spiro atoms. The number of hydrogen-bond acceptors (Lipinski definition) is 2. The first-order chi connectivity index (χ1) is 8.69. The highest BCUT2D eigenvalue weighted by Crippen LogP contribution is 2.18. The highest BCUT2D eigenvalue weighted by atomic mass is 79.9. The topological polar surface area (TPSA) is 26.3 Å². The third-order valence-electron chi connectivity index (χ3n) is 2.42. The van der Waals surface area contributed by atoms with Crippen molar-refractivity contribution in [1.29, 1.82) is 0 Å². The zero-order valence-electron chi connectivity index (χ0n) is 9.40. The van der Waals surface area contributed by atoms with Crippen LogP contribution in [0.1, 0.15) is 15.9 Å². The smallest absolute Gasteiger partial charge is 0.150 e. The molecular weight excluding hydrogens is 299 g/mol. The van der Waals surface area contributed by atoms with E-state index in [0.29, 0.717) is 16.9 Å². The average Bonchev–Trinajstić information content (AvgIpc) is 2.40. The molecule has 0 fully saturated rings. The quantitative estimate of drug-likeness (QED) is 0.799. The average molecular weight is 309 g/mol. The second kappa shape index (κ2) is 5.78. The molecule has 0 radical (unpaired) electrons. The second-order valence-electron chi connectivity index (χ2n) is 3.71. The van der Waals surface area contributed by atoms with Crippen LogP contribution in [-0.4, -0.2) is 6.29 Å². The maximum atomic E-state index is 13.4. The van der Waals surface area contributed by atoms with Gasteiger partial charge in [0.15, 0.2) is 0 Å². The molecule has 0 N–H and O–H groups in total. The largest absolute Gasteiger partial charge is 0.489 e. The third-order valence-corrected chi connectivity index (χ3v) is 2.91. The molecular formula is C14H10BrFO2. The van der Waals surface area contributed by atoms with Crippen LogP contribution in [0.25, 0.3) is 0 Å². The number of rotatable bonds is 4. The van der Waals surface area contributed by atoms with Crippen LogP contribution in [0.3, 0.4) is 0 Å². The first kappa shape index (κ1) is 12.8. The van der Waals surface area contributed by atoms with E-state index < -0.39 is 0 Å². The Hall–Kier alpha value is -1.68. The monoisotopic (exact) mass is 308 g/mol. The van der Waals surface area contributed by atoms with E-state index in [2.05, 4.69) is 15.9 Å². The molecule has 18 heavy (non-hydrogen) atoms. The van der Waals surface area contributed by atoms with Gasteiger partial charge in [-0.25, -0.2) is 4.39 Å². The number of aldehydes is 1. The molecule has 0 unspecified atom stereocenters. The lowest BCUT2D eigenvalue weighted by atomic mass is 10.2. The molecule has 2 aromatic rings. The molecule has 0 saturated heterocycles. The first-order valence-corrected chi connectivity index (χ1v) is 6.10. The van der Waals surface area contributed by atoms with Crippen molar-refractivity contribution in [2.45, 2.75) is 6.61 Å². The fourth-order valence-corrected chi connectivity index (χ4v) is 1.87. The van der Waals surface area contributed by atoms with Gasteiger partial charge in [-0.05, 0) is 42.5 Å². The van der Waals surface area contributed by atoms with Crippen molar-refractivity contribution in [2.24, 2.45) is 0 Å². The minimum atomic E-state index is -0.303. The molecule has 0 aliphatic rings. The van der Waals surface area contributed by atoms with E-state index in [4.69, 9.17) is 4.74 Å². The Kier molecular flexibility index (Phi) is 4.10. The highest BCUT2D eigenvalue weighted by Gasteiger charge is 2.04. The minimum Gasteiger partial charge on any atom is -0.489 e. The Morgan fingerprint density at radius 1 is 1.17 bits per heavy atom. The molecule has 0 aromatic heterocycles. The molecule has 0 aliphatic heterocycles. The van der Waals surface area contributed by atoms with E-state index in [-0.39, 0.29) is 12.4 Å². The number of ether oxygens (including phenoxy) is 1. The summed E-state index contributed by atoms with van der Waals surface area (Å²) in [5.74, 6) is 0.294. The van der Waals surface area contributed by atoms with Crippen molar-refractivity contribution in [3.63, 3.8) is 0 Å². The van der Waals surface area contributed by atoms with Crippen LogP contribution in [-0.2, 0) is 6.61 Å². The molecule has 0 bridgehead atoms. The van der Waals surface area contributed by atoms with Crippen molar-refractivity contribution in [3.8, 4) is 5.75 Å². The molecule has 2 rings (SSSR count). The maximum absolute atomic E-state index is 13.4. The van der Waals surface area contributed by atoms with Crippen LogP contribution in [0.2, 0.25) is 0 Å². The molecule has 0 amide bonds. The van der Waals surface area contributed by atoms with Gasteiger partial charge in [0, 0.05) is 15.6 Å². The fraction of sp³-hybridized carbons (Fsp3) is 0.0714. The van der Waals surface area contributed by atoms with E-state index in [9.17, 15) is 9.18 Å². The highest BCUT2D eigenvalue weighted by molar-refractivity contribution is 9.10. The van der Waals surface area contributed by atoms with Gasteiger partial charge in [-0.1, -0.05) is 15.9 Å². The summed E-state index contributed by atoms with van der Waals surface area (Å²) < 4.78 is 19.7. The van der Waals surface area contributed by atoms with Crippen LogP contribution in [0.5, 0.6) is 5.75 Å². The molecule has 92 valence electrons. The summed E-state index contributed by atoms with van der Waals surface area (Å²) >= 11 is 3.28. The predicted octanol–water partition coefficient (Wildman–Crippen LogP) is 3.98. The zero-order chi connectivity index (χ0) is 13.0. The lowest BCUT2D eigenvalue weighted by molar-refractivity contribution is 0.112.